The first-order chi connectivity index (χ1) is 9.20. The summed E-state index contributed by atoms with van der Waals surface area (Å²) >= 11 is 0. The van der Waals surface area contributed by atoms with Gasteiger partial charge in [0.15, 0.2) is 0 Å². The standard InChI is InChI=1S/C15H29N3O/c1-16-15(19)13-11-17(2)9-10-18(12-13)14-7-5-3-4-6-8-14/h13-14H,3-12H2,1-2H3,(H,16,19)/t13-/m0/s1. The monoisotopic (exact) mass is 267 g/mol. The summed E-state index contributed by atoms with van der Waals surface area (Å²) < 4.78 is 0. The van der Waals surface area contributed by atoms with Gasteiger partial charge in [-0.3, -0.25) is 9.69 Å². The summed E-state index contributed by atoms with van der Waals surface area (Å²) in [6.07, 6.45) is 8.16. The number of likely N-dealkylation sites (N-methyl/N-ethyl adjacent to an activating group) is 1. The fourth-order valence-corrected chi connectivity index (χ4v) is 3.52. The summed E-state index contributed by atoms with van der Waals surface area (Å²) in [5.41, 5.74) is 0. The fraction of sp³-hybridized carbons (Fsp3) is 0.933. The van der Waals surface area contributed by atoms with Crippen LogP contribution in [-0.4, -0.2) is 62.0 Å². The second kappa shape index (κ2) is 7.25. The van der Waals surface area contributed by atoms with E-state index in [1.54, 1.807) is 7.05 Å². The van der Waals surface area contributed by atoms with Gasteiger partial charge in [0.1, 0.15) is 0 Å². The van der Waals surface area contributed by atoms with E-state index < -0.39 is 0 Å². The van der Waals surface area contributed by atoms with Gasteiger partial charge in [0.05, 0.1) is 5.92 Å². The predicted octanol–water partition coefficient (Wildman–Crippen LogP) is 1.32. The van der Waals surface area contributed by atoms with Crippen LogP contribution in [0.3, 0.4) is 0 Å². The molecule has 110 valence electrons. The first-order valence-electron chi connectivity index (χ1n) is 7.85. The topological polar surface area (TPSA) is 35.6 Å². The molecule has 1 saturated carbocycles. The maximum Gasteiger partial charge on any atom is 0.225 e. The van der Waals surface area contributed by atoms with Gasteiger partial charge in [-0.2, -0.15) is 0 Å². The number of hydrogen-bond acceptors (Lipinski definition) is 3. The number of carbonyl (C=O) groups excluding carboxylic acids is 1. The Kier molecular flexibility index (Phi) is 5.64. The van der Waals surface area contributed by atoms with E-state index in [2.05, 4.69) is 22.2 Å². The minimum atomic E-state index is 0.126. The molecule has 0 aromatic rings. The second-order valence-corrected chi connectivity index (χ2v) is 6.21. The zero-order chi connectivity index (χ0) is 13.7. The summed E-state index contributed by atoms with van der Waals surface area (Å²) in [5.74, 6) is 0.327. The van der Waals surface area contributed by atoms with E-state index in [1.807, 2.05) is 0 Å². The molecule has 1 heterocycles. The van der Waals surface area contributed by atoms with E-state index in [-0.39, 0.29) is 11.8 Å². The number of hydrogen-bond donors (Lipinski definition) is 1. The molecule has 2 aliphatic rings. The number of amides is 1. The van der Waals surface area contributed by atoms with Gasteiger partial charge in [-0.15, -0.1) is 0 Å². The van der Waals surface area contributed by atoms with Crippen molar-refractivity contribution in [2.24, 2.45) is 5.92 Å². The Morgan fingerprint density at radius 1 is 1.05 bits per heavy atom. The molecule has 1 aliphatic carbocycles. The quantitative estimate of drug-likeness (QED) is 0.767. The van der Waals surface area contributed by atoms with Crippen molar-refractivity contribution in [2.75, 3.05) is 40.3 Å². The molecule has 1 atom stereocenters. The molecule has 4 heteroatoms. The number of rotatable bonds is 2. The Bertz CT molecular complexity index is 287. The second-order valence-electron chi connectivity index (χ2n) is 6.21. The highest BCUT2D eigenvalue weighted by Gasteiger charge is 2.29. The molecule has 4 nitrogen and oxygen atoms in total. The number of carbonyl (C=O) groups is 1. The summed E-state index contributed by atoms with van der Waals surface area (Å²) in [5, 5.41) is 2.83. The van der Waals surface area contributed by atoms with E-state index in [0.717, 1.165) is 26.2 Å². The summed E-state index contributed by atoms with van der Waals surface area (Å²) in [7, 11) is 3.88. The number of nitrogens with zero attached hydrogens (tertiary/aromatic N) is 2. The summed E-state index contributed by atoms with van der Waals surface area (Å²) in [6, 6.07) is 0.709. The van der Waals surface area contributed by atoms with E-state index in [1.165, 1.54) is 38.5 Å². The third kappa shape index (κ3) is 4.18. The minimum Gasteiger partial charge on any atom is -0.359 e. The maximum atomic E-state index is 12.0. The average Bonchev–Trinajstić information content (AvgIpc) is 2.78. The van der Waals surface area contributed by atoms with Gasteiger partial charge >= 0.3 is 0 Å². The average molecular weight is 267 g/mol. The Morgan fingerprint density at radius 2 is 1.74 bits per heavy atom. The van der Waals surface area contributed by atoms with Crippen LogP contribution in [0.15, 0.2) is 0 Å². The lowest BCUT2D eigenvalue weighted by Crippen LogP contribution is -2.43. The molecule has 0 radical (unpaired) electrons. The van der Waals surface area contributed by atoms with Crippen LogP contribution >= 0.6 is 0 Å². The van der Waals surface area contributed by atoms with Crippen molar-refractivity contribution >= 4 is 5.91 Å². The third-order valence-electron chi connectivity index (χ3n) is 4.71. The Morgan fingerprint density at radius 3 is 2.37 bits per heavy atom. The van der Waals surface area contributed by atoms with Crippen LogP contribution in [-0.2, 0) is 4.79 Å². The molecule has 1 N–H and O–H groups in total. The molecule has 0 bridgehead atoms. The van der Waals surface area contributed by atoms with Gasteiger partial charge in [0, 0.05) is 39.3 Å². The lowest BCUT2D eigenvalue weighted by molar-refractivity contribution is -0.125. The van der Waals surface area contributed by atoms with Crippen LogP contribution in [0.5, 0.6) is 0 Å². The van der Waals surface area contributed by atoms with Gasteiger partial charge in [0.2, 0.25) is 5.91 Å². The van der Waals surface area contributed by atoms with Crippen molar-refractivity contribution in [1.29, 1.82) is 0 Å². The van der Waals surface area contributed by atoms with Crippen molar-refractivity contribution in [3.05, 3.63) is 0 Å². The van der Waals surface area contributed by atoms with Crippen molar-refractivity contribution < 1.29 is 4.79 Å². The molecule has 1 amide bonds. The van der Waals surface area contributed by atoms with Crippen LogP contribution < -0.4 is 5.32 Å². The lowest BCUT2D eigenvalue weighted by atomic mass is 10.0. The first-order valence-corrected chi connectivity index (χ1v) is 7.85. The van der Waals surface area contributed by atoms with Crippen LogP contribution in [0, 0.1) is 5.92 Å². The molecule has 1 aliphatic heterocycles. The zero-order valence-corrected chi connectivity index (χ0v) is 12.5. The molecule has 0 aromatic heterocycles. The minimum absolute atomic E-state index is 0.126. The highest BCUT2D eigenvalue weighted by molar-refractivity contribution is 5.78. The normalized spacial score (nSPS) is 28.6. The fourth-order valence-electron chi connectivity index (χ4n) is 3.52. The smallest absolute Gasteiger partial charge is 0.225 e. The molecule has 1 saturated heterocycles. The Balaban J connectivity index is 2.00. The molecular weight excluding hydrogens is 238 g/mol. The van der Waals surface area contributed by atoms with Crippen molar-refractivity contribution in [3.63, 3.8) is 0 Å². The predicted molar refractivity (Wildman–Crippen MR) is 78.1 cm³/mol. The highest BCUT2D eigenvalue weighted by Crippen LogP contribution is 2.23. The zero-order valence-electron chi connectivity index (χ0n) is 12.5. The molecule has 2 rings (SSSR count). The molecule has 0 unspecified atom stereocenters. The third-order valence-corrected chi connectivity index (χ3v) is 4.71. The molecule has 19 heavy (non-hydrogen) atoms. The Labute approximate surface area is 117 Å². The van der Waals surface area contributed by atoms with E-state index in [4.69, 9.17) is 0 Å². The Hall–Kier alpha value is -0.610. The summed E-state index contributed by atoms with van der Waals surface area (Å²) in [4.78, 5) is 16.9. The van der Waals surface area contributed by atoms with Crippen molar-refractivity contribution in [1.82, 2.24) is 15.1 Å². The maximum absolute atomic E-state index is 12.0. The first kappa shape index (κ1) is 14.8. The van der Waals surface area contributed by atoms with E-state index in [9.17, 15) is 4.79 Å². The number of nitrogens with one attached hydrogen (secondary N) is 1. The highest BCUT2D eigenvalue weighted by atomic mass is 16.1. The van der Waals surface area contributed by atoms with Crippen molar-refractivity contribution in [2.45, 2.75) is 44.6 Å². The SMILES string of the molecule is CNC(=O)[C@H]1CN(C)CCN(C2CCCCCC2)C1. The van der Waals surface area contributed by atoms with Crippen LogP contribution in [0.1, 0.15) is 38.5 Å². The van der Waals surface area contributed by atoms with Crippen LogP contribution in [0.25, 0.3) is 0 Å². The molecular formula is C15H29N3O. The van der Waals surface area contributed by atoms with Crippen LogP contribution in [0.4, 0.5) is 0 Å². The van der Waals surface area contributed by atoms with Gasteiger partial charge < -0.3 is 10.2 Å². The molecule has 2 fully saturated rings. The van der Waals surface area contributed by atoms with Crippen LogP contribution in [0.2, 0.25) is 0 Å². The molecule has 0 aromatic carbocycles. The summed E-state index contributed by atoms with van der Waals surface area (Å²) in [6.45, 7) is 4.04. The lowest BCUT2D eigenvalue weighted by Gasteiger charge is -2.31. The largest absolute Gasteiger partial charge is 0.359 e. The van der Waals surface area contributed by atoms with Gasteiger partial charge in [-0.05, 0) is 19.9 Å². The van der Waals surface area contributed by atoms with E-state index >= 15 is 0 Å². The molecule has 0 spiro atoms. The van der Waals surface area contributed by atoms with Gasteiger partial charge in [-0.1, -0.05) is 25.7 Å². The van der Waals surface area contributed by atoms with Gasteiger partial charge in [-0.25, -0.2) is 0 Å². The van der Waals surface area contributed by atoms with Crippen molar-refractivity contribution in [3.8, 4) is 0 Å². The van der Waals surface area contributed by atoms with E-state index in [0.29, 0.717) is 6.04 Å². The van der Waals surface area contributed by atoms with Gasteiger partial charge in [0.25, 0.3) is 0 Å².